The molecule has 0 saturated carbocycles. The Bertz CT molecular complexity index is 1990. The maximum absolute atomic E-state index is 13.9. The van der Waals surface area contributed by atoms with Gasteiger partial charge < -0.3 is 15.0 Å². The van der Waals surface area contributed by atoms with E-state index < -0.39 is 35.7 Å². The summed E-state index contributed by atoms with van der Waals surface area (Å²) in [5.41, 5.74) is 5.62. The van der Waals surface area contributed by atoms with Crippen LogP contribution in [0.1, 0.15) is 94.0 Å². The Hall–Kier alpha value is -4.94. The maximum atomic E-state index is 13.9. The quantitative estimate of drug-likeness (QED) is 0.239. The molecule has 1 unspecified atom stereocenters. The van der Waals surface area contributed by atoms with Crippen LogP contribution in [0.5, 0.6) is 0 Å². The van der Waals surface area contributed by atoms with Crippen LogP contribution in [0.25, 0.3) is 11.0 Å². The molecule has 278 valence electrons. The highest BCUT2D eigenvalue weighted by molar-refractivity contribution is 6.07. The normalized spacial score (nSPS) is 20.1. The monoisotopic (exact) mass is 714 g/mol. The van der Waals surface area contributed by atoms with Crippen molar-refractivity contribution in [3.63, 3.8) is 0 Å². The van der Waals surface area contributed by atoms with Crippen molar-refractivity contribution in [1.29, 1.82) is 0 Å². The van der Waals surface area contributed by atoms with E-state index in [9.17, 15) is 28.8 Å². The molecular formula is C39H50N6O7. The number of amides is 5. The zero-order chi connectivity index (χ0) is 37.5. The molecule has 1 saturated heterocycles. The first-order chi connectivity index (χ1) is 24.6. The molecule has 1 aromatic heterocycles. The summed E-state index contributed by atoms with van der Waals surface area (Å²) in [7, 11) is 5.09. The van der Waals surface area contributed by atoms with Gasteiger partial charge in [-0.05, 0) is 100 Å². The second-order valence-electron chi connectivity index (χ2n) is 15.6. The van der Waals surface area contributed by atoms with Crippen LogP contribution in [0.15, 0.2) is 35.1 Å². The lowest BCUT2D eigenvalue weighted by Crippen LogP contribution is -2.54. The smallest absolute Gasteiger partial charge is 0.408 e. The molecular weight excluding hydrogens is 664 g/mol. The summed E-state index contributed by atoms with van der Waals surface area (Å²) in [5, 5.41) is 5.12. The lowest BCUT2D eigenvalue weighted by Gasteiger charge is -2.29. The number of hydrogen-bond acceptors (Lipinski definition) is 7. The lowest BCUT2D eigenvalue weighted by atomic mass is 9.95. The molecule has 5 amide bonds. The number of imidazole rings is 1. The van der Waals surface area contributed by atoms with E-state index >= 15 is 0 Å². The van der Waals surface area contributed by atoms with Gasteiger partial charge in [0.2, 0.25) is 23.6 Å². The Balaban J connectivity index is 1.08. The molecule has 4 heterocycles. The van der Waals surface area contributed by atoms with Gasteiger partial charge in [-0.2, -0.15) is 0 Å². The van der Waals surface area contributed by atoms with Crippen LogP contribution in [0.4, 0.5) is 10.5 Å². The van der Waals surface area contributed by atoms with Gasteiger partial charge in [-0.15, -0.1) is 0 Å². The second-order valence-corrected chi connectivity index (χ2v) is 15.6. The number of nitrogens with zero attached hydrogens (tertiary/aromatic N) is 4. The van der Waals surface area contributed by atoms with Crippen LogP contribution in [0.2, 0.25) is 0 Å². The van der Waals surface area contributed by atoms with E-state index in [1.165, 1.54) is 15.0 Å². The number of anilines is 1. The highest BCUT2D eigenvalue weighted by atomic mass is 16.6. The van der Waals surface area contributed by atoms with Crippen LogP contribution in [-0.4, -0.2) is 75.5 Å². The summed E-state index contributed by atoms with van der Waals surface area (Å²) >= 11 is 0. The van der Waals surface area contributed by atoms with Crippen molar-refractivity contribution < 1.29 is 28.7 Å². The first-order valence-corrected chi connectivity index (χ1v) is 18.3. The van der Waals surface area contributed by atoms with Crippen molar-refractivity contribution in [2.75, 3.05) is 19.0 Å². The van der Waals surface area contributed by atoms with E-state index in [1.807, 2.05) is 18.2 Å². The van der Waals surface area contributed by atoms with Gasteiger partial charge in [-0.3, -0.25) is 38.5 Å². The second kappa shape index (κ2) is 14.6. The molecule has 0 aliphatic carbocycles. The fourth-order valence-electron chi connectivity index (χ4n) is 7.83. The molecule has 0 bridgehead atoms. The number of unbranched alkanes of at least 4 members (excludes halogenated alkanes) is 3. The molecule has 3 aliphatic heterocycles. The Morgan fingerprint density at radius 1 is 0.904 bits per heavy atom. The van der Waals surface area contributed by atoms with Crippen molar-refractivity contribution in [3.05, 3.63) is 63.1 Å². The first kappa shape index (κ1) is 36.8. The van der Waals surface area contributed by atoms with Gasteiger partial charge in [0.1, 0.15) is 23.7 Å². The fraction of sp³-hybridized carbons (Fsp3) is 0.538. The molecule has 13 nitrogen and oxygen atoms in total. The number of carbonyl (C=O) groups excluding carboxylic acids is 5. The molecule has 6 rings (SSSR count). The van der Waals surface area contributed by atoms with E-state index in [0.29, 0.717) is 31.2 Å². The summed E-state index contributed by atoms with van der Waals surface area (Å²) in [6, 6.07) is 8.08. The Morgan fingerprint density at radius 2 is 1.60 bits per heavy atom. The molecule has 0 radical (unpaired) electrons. The number of likely N-dealkylation sites (N-methyl/N-ethyl adjacent to an activating group) is 1. The molecule has 2 N–H and O–H groups in total. The van der Waals surface area contributed by atoms with E-state index in [0.717, 1.165) is 66.4 Å². The molecule has 3 aliphatic rings. The van der Waals surface area contributed by atoms with Crippen LogP contribution in [-0.2, 0) is 56.6 Å². The van der Waals surface area contributed by atoms with Crippen molar-refractivity contribution in [2.24, 2.45) is 7.05 Å². The average molecular weight is 715 g/mol. The van der Waals surface area contributed by atoms with Crippen LogP contribution >= 0.6 is 0 Å². The topological polar surface area (TPSA) is 152 Å². The molecule has 3 aromatic rings. The molecule has 1 fully saturated rings. The fourth-order valence-corrected chi connectivity index (χ4v) is 7.83. The van der Waals surface area contributed by atoms with E-state index in [-0.39, 0.29) is 29.8 Å². The number of imide groups is 1. The number of benzene rings is 2. The molecule has 2 aromatic carbocycles. The number of hydrogen-bond donors (Lipinski definition) is 2. The third kappa shape index (κ3) is 7.49. The lowest BCUT2D eigenvalue weighted by molar-refractivity contribution is -0.135. The van der Waals surface area contributed by atoms with Crippen molar-refractivity contribution in [2.45, 2.75) is 115 Å². The van der Waals surface area contributed by atoms with Gasteiger partial charge in [0, 0.05) is 34.0 Å². The number of ether oxygens (including phenoxy) is 1. The minimum atomic E-state index is -0.801. The Kier molecular flexibility index (Phi) is 10.3. The number of piperidine rings is 1. The SMILES string of the molecule is CN(C)C(=O)[C@@H]1Cc2cc(CCCCCCc3ccc4c(c3)n(C)c(=O)n4C3CCC(=O)NC3=O)cc3c2N1C(=O)[C@@H](NC(=O)OC(C)(C)C)CC3. The number of rotatable bonds is 10. The van der Waals surface area contributed by atoms with Crippen molar-refractivity contribution in [1.82, 2.24) is 24.7 Å². The van der Waals surface area contributed by atoms with Gasteiger partial charge in [0.25, 0.3) is 0 Å². The summed E-state index contributed by atoms with van der Waals surface area (Å²) < 4.78 is 8.52. The maximum Gasteiger partial charge on any atom is 0.408 e. The van der Waals surface area contributed by atoms with Gasteiger partial charge in [0.05, 0.1) is 16.7 Å². The molecule has 3 atom stereocenters. The van der Waals surface area contributed by atoms with Gasteiger partial charge in [-0.25, -0.2) is 9.59 Å². The zero-order valence-electron chi connectivity index (χ0n) is 31.0. The molecule has 0 spiro atoms. The number of aryl methyl sites for hydroxylation is 4. The van der Waals surface area contributed by atoms with Gasteiger partial charge in [-0.1, -0.05) is 31.0 Å². The number of carbonyl (C=O) groups is 5. The van der Waals surface area contributed by atoms with Crippen molar-refractivity contribution >= 4 is 46.4 Å². The summed E-state index contributed by atoms with van der Waals surface area (Å²) in [4.78, 5) is 80.3. The van der Waals surface area contributed by atoms with E-state index in [1.54, 1.807) is 51.4 Å². The number of alkyl carbamates (subject to hydrolysis) is 1. The minimum Gasteiger partial charge on any atom is -0.444 e. The predicted molar refractivity (Wildman–Crippen MR) is 196 cm³/mol. The minimum absolute atomic E-state index is 0.150. The highest BCUT2D eigenvalue weighted by Gasteiger charge is 2.45. The van der Waals surface area contributed by atoms with Gasteiger partial charge in [0.15, 0.2) is 0 Å². The highest BCUT2D eigenvalue weighted by Crippen LogP contribution is 2.41. The summed E-state index contributed by atoms with van der Waals surface area (Å²) in [6.45, 7) is 5.32. The third-order valence-corrected chi connectivity index (χ3v) is 10.3. The summed E-state index contributed by atoms with van der Waals surface area (Å²) in [5.74, 6) is -1.19. The molecule has 52 heavy (non-hydrogen) atoms. The van der Waals surface area contributed by atoms with Crippen LogP contribution < -0.4 is 21.2 Å². The number of aromatic nitrogens is 2. The van der Waals surface area contributed by atoms with Crippen LogP contribution in [0.3, 0.4) is 0 Å². The molecule has 13 heteroatoms. The summed E-state index contributed by atoms with van der Waals surface area (Å²) in [6.07, 6.45) is 7.09. The zero-order valence-corrected chi connectivity index (χ0v) is 31.0. The first-order valence-electron chi connectivity index (χ1n) is 18.3. The Morgan fingerprint density at radius 3 is 2.27 bits per heavy atom. The number of nitrogens with one attached hydrogen (secondary N) is 2. The largest absolute Gasteiger partial charge is 0.444 e. The van der Waals surface area contributed by atoms with Gasteiger partial charge >= 0.3 is 11.8 Å². The average Bonchev–Trinajstić information content (AvgIpc) is 3.52. The van der Waals surface area contributed by atoms with E-state index in [2.05, 4.69) is 22.8 Å². The van der Waals surface area contributed by atoms with Crippen molar-refractivity contribution in [3.8, 4) is 0 Å². The standard InChI is InChI=1S/C39H50N6O7/c1-39(2,3)52-37(50)40-27-15-14-25-19-24(20-26-22-31(36(49)42(4)5)45(33(25)26)35(27)48)12-10-8-7-9-11-23-13-16-28-30(21-23)43(6)38(51)44(28)29-17-18-32(46)41-34(29)47/h13,16,19-21,27,29,31H,7-12,14-15,17-18,22H2,1-6H3,(H,40,50)(H,41,46,47)/t27-,29?,31-/m0/s1. The predicted octanol–water partition coefficient (Wildman–Crippen LogP) is 3.85. The third-order valence-electron chi connectivity index (χ3n) is 10.3. The van der Waals surface area contributed by atoms with Crippen LogP contribution in [0, 0.1) is 0 Å². The number of fused-ring (bicyclic) bond motifs is 1. The Labute approximate surface area is 303 Å². The van der Waals surface area contributed by atoms with E-state index in [4.69, 9.17) is 4.74 Å².